The van der Waals surface area contributed by atoms with E-state index in [1.807, 2.05) is 36.4 Å². The van der Waals surface area contributed by atoms with Crippen LogP contribution >= 0.6 is 0 Å². The normalized spacial score (nSPS) is 15.3. The van der Waals surface area contributed by atoms with E-state index >= 15 is 0 Å². The Balaban J connectivity index is 0.000000421. The van der Waals surface area contributed by atoms with Crippen molar-refractivity contribution in [2.45, 2.75) is 70.3 Å². The largest absolute Gasteiger partial charge is 0.490 e. The number of aliphatic hydroxyl groups is 1. The number of carbonyl (C=O) groups excluding carboxylic acids is 1. The molecular formula is C28H33F6N5O6. The van der Waals surface area contributed by atoms with E-state index < -0.39 is 24.3 Å². The topological polar surface area (TPSA) is 157 Å². The fourth-order valence-corrected chi connectivity index (χ4v) is 4.15. The van der Waals surface area contributed by atoms with Gasteiger partial charge in [0.05, 0.1) is 6.20 Å². The maximum absolute atomic E-state index is 12.7. The maximum Gasteiger partial charge on any atom is 0.490 e. The number of benzene rings is 1. The number of carbonyl (C=O) groups is 3. The summed E-state index contributed by atoms with van der Waals surface area (Å²) in [5.74, 6) is -4.36. The number of rotatable bonds is 5. The van der Waals surface area contributed by atoms with Crippen LogP contribution in [0.1, 0.15) is 62.4 Å². The van der Waals surface area contributed by atoms with Gasteiger partial charge >= 0.3 is 24.3 Å². The van der Waals surface area contributed by atoms with Crippen LogP contribution in [0.4, 0.5) is 38.0 Å². The zero-order chi connectivity index (χ0) is 34.2. The van der Waals surface area contributed by atoms with E-state index in [1.54, 1.807) is 10.7 Å². The summed E-state index contributed by atoms with van der Waals surface area (Å²) in [5, 5.41) is 31.2. The number of alkyl halides is 6. The molecule has 3 heterocycles. The molecule has 0 aliphatic carbocycles. The molecule has 1 fully saturated rings. The third-order valence-electron chi connectivity index (χ3n) is 6.43. The first-order chi connectivity index (χ1) is 20.7. The molecule has 1 atom stereocenters. The van der Waals surface area contributed by atoms with Gasteiger partial charge in [0.25, 0.3) is 5.91 Å². The number of amides is 1. The van der Waals surface area contributed by atoms with Crippen LogP contribution in [0.15, 0.2) is 42.6 Å². The predicted molar refractivity (Wildman–Crippen MR) is 150 cm³/mol. The molecule has 248 valence electrons. The molecule has 2 aromatic heterocycles. The second-order valence-electron chi connectivity index (χ2n) is 10.9. The van der Waals surface area contributed by atoms with Gasteiger partial charge in [-0.25, -0.2) is 19.1 Å². The van der Waals surface area contributed by atoms with Crippen LogP contribution in [0.2, 0.25) is 0 Å². The van der Waals surface area contributed by atoms with E-state index in [2.05, 4.69) is 36.0 Å². The van der Waals surface area contributed by atoms with Crippen LogP contribution < -0.4 is 10.2 Å². The van der Waals surface area contributed by atoms with Gasteiger partial charge in [-0.2, -0.15) is 26.3 Å². The summed E-state index contributed by atoms with van der Waals surface area (Å²) in [6.45, 7) is 7.56. The van der Waals surface area contributed by atoms with E-state index in [0.29, 0.717) is 23.1 Å². The molecule has 17 heteroatoms. The Morgan fingerprint density at radius 1 is 0.911 bits per heavy atom. The number of nitrogens with zero attached hydrogens (tertiary/aromatic N) is 4. The van der Waals surface area contributed by atoms with Crippen LogP contribution in [0, 0.1) is 0 Å². The summed E-state index contributed by atoms with van der Waals surface area (Å²) in [5.41, 5.74) is 2.51. The van der Waals surface area contributed by atoms with E-state index in [-0.39, 0.29) is 17.9 Å². The SMILES string of the molecule is CC(C)(C)c1ccc(C(=O)Nc2cn3nc(N4CCCCC4CCO)ccc3n2)cc1.O=C(O)C(F)(F)F.O=C(O)C(F)(F)F. The lowest BCUT2D eigenvalue weighted by molar-refractivity contribution is -0.193. The Hall–Kier alpha value is -4.41. The summed E-state index contributed by atoms with van der Waals surface area (Å²) in [6.07, 6.45) is -4.30. The van der Waals surface area contributed by atoms with Crippen LogP contribution in [-0.2, 0) is 15.0 Å². The number of aliphatic carboxylic acids is 2. The van der Waals surface area contributed by atoms with Crippen molar-refractivity contribution >= 4 is 35.1 Å². The molecule has 45 heavy (non-hydrogen) atoms. The lowest BCUT2D eigenvalue weighted by atomic mass is 9.87. The molecule has 1 aromatic carbocycles. The fourth-order valence-electron chi connectivity index (χ4n) is 4.15. The van der Waals surface area contributed by atoms with Crippen molar-refractivity contribution in [2.24, 2.45) is 0 Å². The van der Waals surface area contributed by atoms with Gasteiger partial charge in [-0.05, 0) is 60.9 Å². The average molecular weight is 650 g/mol. The van der Waals surface area contributed by atoms with Gasteiger partial charge in [0.15, 0.2) is 11.5 Å². The highest BCUT2D eigenvalue weighted by atomic mass is 19.4. The number of aliphatic hydroxyl groups excluding tert-OH is 1. The minimum absolute atomic E-state index is 0.0462. The lowest BCUT2D eigenvalue weighted by Crippen LogP contribution is -2.40. The van der Waals surface area contributed by atoms with E-state index in [9.17, 15) is 36.2 Å². The number of halogens is 6. The number of imidazole rings is 1. The van der Waals surface area contributed by atoms with E-state index in [0.717, 1.165) is 31.6 Å². The van der Waals surface area contributed by atoms with Gasteiger partial charge in [-0.1, -0.05) is 32.9 Å². The second kappa shape index (κ2) is 15.0. The molecule has 4 N–H and O–H groups in total. The molecule has 3 aromatic rings. The van der Waals surface area contributed by atoms with Gasteiger partial charge in [0, 0.05) is 24.8 Å². The van der Waals surface area contributed by atoms with Gasteiger partial charge in [0.1, 0.15) is 5.82 Å². The second-order valence-corrected chi connectivity index (χ2v) is 10.9. The number of anilines is 2. The smallest absolute Gasteiger partial charge is 0.475 e. The van der Waals surface area contributed by atoms with Crippen LogP contribution in [0.3, 0.4) is 0 Å². The van der Waals surface area contributed by atoms with Crippen molar-refractivity contribution in [3.8, 4) is 0 Å². The summed E-state index contributed by atoms with van der Waals surface area (Å²) in [4.78, 5) is 37.2. The average Bonchev–Trinajstić information content (AvgIpc) is 3.34. The molecule has 0 radical (unpaired) electrons. The summed E-state index contributed by atoms with van der Waals surface area (Å²) < 4.78 is 65.2. The maximum atomic E-state index is 12.7. The van der Waals surface area contributed by atoms with Gasteiger partial charge in [-0.15, -0.1) is 5.10 Å². The molecule has 11 nitrogen and oxygen atoms in total. The van der Waals surface area contributed by atoms with E-state index in [1.165, 1.54) is 12.0 Å². The molecule has 1 unspecified atom stereocenters. The molecule has 1 aliphatic rings. The van der Waals surface area contributed by atoms with Crippen molar-refractivity contribution in [1.29, 1.82) is 0 Å². The number of hydrogen-bond acceptors (Lipinski definition) is 7. The van der Waals surface area contributed by atoms with Gasteiger partial charge < -0.3 is 25.5 Å². The molecule has 1 aliphatic heterocycles. The number of carboxylic acids is 2. The molecule has 0 spiro atoms. The van der Waals surface area contributed by atoms with Crippen LogP contribution in [-0.4, -0.2) is 79.3 Å². The Bertz CT molecular complexity index is 1430. The molecule has 1 amide bonds. The monoisotopic (exact) mass is 649 g/mol. The van der Waals surface area contributed by atoms with E-state index in [4.69, 9.17) is 24.9 Å². The van der Waals surface area contributed by atoms with Crippen molar-refractivity contribution in [2.75, 3.05) is 23.4 Å². The minimum Gasteiger partial charge on any atom is -0.475 e. The highest BCUT2D eigenvalue weighted by molar-refractivity contribution is 6.03. The molecule has 0 bridgehead atoms. The number of hydrogen-bond donors (Lipinski definition) is 4. The van der Waals surface area contributed by atoms with Crippen molar-refractivity contribution < 1.29 is 56.0 Å². The molecule has 0 saturated carbocycles. The first kappa shape index (κ1) is 36.8. The predicted octanol–water partition coefficient (Wildman–Crippen LogP) is 5.29. The summed E-state index contributed by atoms with van der Waals surface area (Å²) >= 11 is 0. The first-order valence-corrected chi connectivity index (χ1v) is 13.5. The highest BCUT2D eigenvalue weighted by Crippen LogP contribution is 2.26. The lowest BCUT2D eigenvalue weighted by Gasteiger charge is -2.36. The summed E-state index contributed by atoms with van der Waals surface area (Å²) in [7, 11) is 0. The highest BCUT2D eigenvalue weighted by Gasteiger charge is 2.39. The Labute approximate surface area is 253 Å². The number of carboxylic acid groups (broad SMARTS) is 2. The van der Waals surface area contributed by atoms with Gasteiger partial charge in [0.2, 0.25) is 0 Å². The van der Waals surface area contributed by atoms with Crippen LogP contribution in [0.5, 0.6) is 0 Å². The number of fused-ring (bicyclic) bond motifs is 1. The zero-order valence-corrected chi connectivity index (χ0v) is 24.5. The standard InChI is InChI=1S/C24H31N5O2.2C2HF3O2/c1-24(2,3)18-9-7-17(8-10-18)23(31)26-20-16-29-21(25-20)11-12-22(27-29)28-14-5-4-6-19(28)13-15-30;2*3-2(4,5)1(6)7/h7-12,16,19,30H,4-6,13-15H2,1-3H3,(H,26,31);2*(H,6,7). The number of piperidine rings is 1. The summed E-state index contributed by atoms with van der Waals surface area (Å²) in [6, 6.07) is 11.9. The molecular weight excluding hydrogens is 616 g/mol. The quantitative estimate of drug-likeness (QED) is 0.270. The molecule has 4 rings (SSSR count). The molecule has 1 saturated heterocycles. The minimum atomic E-state index is -5.08. The zero-order valence-electron chi connectivity index (χ0n) is 24.5. The number of aromatic nitrogens is 3. The van der Waals surface area contributed by atoms with Gasteiger partial charge in [-0.3, -0.25) is 4.79 Å². The Kier molecular flexibility index (Phi) is 12.3. The van der Waals surface area contributed by atoms with Crippen molar-refractivity contribution in [3.63, 3.8) is 0 Å². The van der Waals surface area contributed by atoms with Crippen LogP contribution in [0.25, 0.3) is 5.65 Å². The number of nitrogens with one attached hydrogen (secondary N) is 1. The Morgan fingerprint density at radius 3 is 1.96 bits per heavy atom. The third-order valence-corrected chi connectivity index (χ3v) is 6.43. The van der Waals surface area contributed by atoms with Crippen molar-refractivity contribution in [3.05, 3.63) is 53.7 Å². The van der Waals surface area contributed by atoms with Crippen molar-refractivity contribution in [1.82, 2.24) is 14.6 Å². The fraction of sp³-hybridized carbons (Fsp3) is 0.464. The third kappa shape index (κ3) is 11.2. The Morgan fingerprint density at radius 2 is 1.47 bits per heavy atom. The first-order valence-electron chi connectivity index (χ1n) is 13.5.